The summed E-state index contributed by atoms with van der Waals surface area (Å²) in [6, 6.07) is 18.7. The highest BCUT2D eigenvalue weighted by Crippen LogP contribution is 2.54. The first-order chi connectivity index (χ1) is 33.5. The summed E-state index contributed by atoms with van der Waals surface area (Å²) in [7, 11) is 2.56. The quantitative estimate of drug-likeness (QED) is 0.0828. The Hall–Kier alpha value is -7.74. The second-order valence-electron chi connectivity index (χ2n) is 18.6. The Kier molecular flexibility index (Phi) is 12.0. The van der Waals surface area contributed by atoms with Crippen LogP contribution in [0.5, 0.6) is 0 Å². The second kappa shape index (κ2) is 18.4. The normalized spacial score (nSPS) is 22.7. The molecule has 4 aromatic carbocycles. The number of hydrogen-bond donors (Lipinski definition) is 4. The van der Waals surface area contributed by atoms with E-state index in [1.807, 2.05) is 54.0 Å². The van der Waals surface area contributed by atoms with Crippen LogP contribution in [0.1, 0.15) is 69.7 Å². The standard InChI is InChI=1S/C55H56N8O6/c1-7-9-11-13-30(3)45(60-54(66)68-5)52(64)62-38-20-15-36(27-38)49(62)51-57-42-24-19-35-26-33(17-22-40(35)48(42)59-51)32-16-21-39-34(25-32)18-23-41-47(39)58-50(56-41)44-29-37-28-43(37)63(44)53(65)46(61-55(67)69-6)31(4)14-12-10-8-2/h7-14,16-19,21-26,36-38,43-46,49H,3-4,15,20,27-29H2,1-2,5-6H3,(H,56,58)(H,57,59)(H,60,66)(H,61,67)/b9-7-,10-8-,13-11-,14-12-/t36-,37+,38+,43+,44-,45+,46+,49-/m0/s1. The van der Waals surface area contributed by atoms with E-state index in [0.29, 0.717) is 17.1 Å². The lowest BCUT2D eigenvalue weighted by Gasteiger charge is -2.36. The van der Waals surface area contributed by atoms with Crippen molar-refractivity contribution in [1.82, 2.24) is 40.4 Å². The molecule has 14 nitrogen and oxygen atoms in total. The highest BCUT2D eigenvalue weighted by atomic mass is 16.5. The van der Waals surface area contributed by atoms with Crippen LogP contribution in [0.25, 0.3) is 54.7 Å². The van der Waals surface area contributed by atoms with E-state index in [2.05, 4.69) is 88.4 Å². The molecule has 0 radical (unpaired) electrons. The minimum Gasteiger partial charge on any atom is -0.453 e. The van der Waals surface area contributed by atoms with Crippen molar-refractivity contribution >= 4 is 67.6 Å². The van der Waals surface area contributed by atoms with Gasteiger partial charge in [-0.1, -0.05) is 98.2 Å². The van der Waals surface area contributed by atoms with Crippen LogP contribution in [-0.4, -0.2) is 92.1 Å². The van der Waals surface area contributed by atoms with Gasteiger partial charge >= 0.3 is 12.2 Å². The zero-order valence-corrected chi connectivity index (χ0v) is 39.2. The Labute approximate surface area is 399 Å². The fraction of sp³-hybridized carbons (Fsp3) is 0.309. The molecule has 69 heavy (non-hydrogen) atoms. The number of rotatable bonds is 13. The monoisotopic (exact) mass is 924 g/mol. The zero-order chi connectivity index (χ0) is 48.1. The fourth-order valence-corrected chi connectivity index (χ4v) is 11.0. The van der Waals surface area contributed by atoms with Crippen LogP contribution in [0.4, 0.5) is 9.59 Å². The number of carbonyl (C=O) groups is 4. The summed E-state index contributed by atoms with van der Waals surface area (Å²) >= 11 is 0. The largest absolute Gasteiger partial charge is 0.453 e. The molecular weight excluding hydrogens is 869 g/mol. The molecule has 0 unspecified atom stereocenters. The summed E-state index contributed by atoms with van der Waals surface area (Å²) in [6.45, 7) is 12.1. The molecule has 4 fully saturated rings. The molecule has 2 bridgehead atoms. The van der Waals surface area contributed by atoms with E-state index >= 15 is 0 Å². The molecule has 2 saturated carbocycles. The van der Waals surface area contributed by atoms with Crippen LogP contribution in [0.15, 0.2) is 134 Å². The third kappa shape index (κ3) is 8.27. The van der Waals surface area contributed by atoms with Gasteiger partial charge in [-0.3, -0.25) is 9.59 Å². The summed E-state index contributed by atoms with van der Waals surface area (Å²) in [4.78, 5) is 75.0. The first-order valence-corrected chi connectivity index (χ1v) is 23.6. The molecule has 4 N–H and O–H groups in total. The SMILES string of the molecule is C=C(/C=C\C=C/C)[C@@H](NC(=O)OC)C(=O)N1[C@@H]2CC[C@@H](C2)[C@H]1c1nc2c(ccc3cc(-c4ccc5c(ccc6[nH]c([C@@H]7C[C@H]8C[C@H]8N7C(=O)[C@H](NC(=O)OC)C(=C)/C=C\C=C/C)nc65)c4)ccc32)[nH]1. The molecule has 14 heteroatoms. The Bertz CT molecular complexity index is 3210. The Morgan fingerprint density at radius 1 is 0.667 bits per heavy atom. The van der Waals surface area contributed by atoms with E-state index in [9.17, 15) is 19.2 Å². The van der Waals surface area contributed by atoms with Gasteiger partial charge in [0.05, 0.1) is 48.4 Å². The summed E-state index contributed by atoms with van der Waals surface area (Å²) in [5.74, 6) is 1.58. The van der Waals surface area contributed by atoms with Gasteiger partial charge in [-0.15, -0.1) is 0 Å². The Morgan fingerprint density at radius 2 is 1.20 bits per heavy atom. The van der Waals surface area contributed by atoms with Crippen LogP contribution < -0.4 is 10.6 Å². The molecule has 0 spiro atoms. The van der Waals surface area contributed by atoms with Crippen LogP contribution in [-0.2, 0) is 19.1 Å². The van der Waals surface area contributed by atoms with Gasteiger partial charge in [0.15, 0.2) is 0 Å². The highest BCUT2D eigenvalue weighted by Gasteiger charge is 2.56. The van der Waals surface area contributed by atoms with Gasteiger partial charge in [-0.05, 0) is 115 Å². The maximum Gasteiger partial charge on any atom is 0.407 e. The first-order valence-electron chi connectivity index (χ1n) is 23.6. The van der Waals surface area contributed by atoms with Crippen molar-refractivity contribution in [2.45, 2.75) is 82.2 Å². The van der Waals surface area contributed by atoms with Crippen molar-refractivity contribution in [2.75, 3.05) is 14.2 Å². The van der Waals surface area contributed by atoms with Crippen LogP contribution in [0.2, 0.25) is 0 Å². The second-order valence-corrected chi connectivity index (χ2v) is 18.6. The van der Waals surface area contributed by atoms with Crippen LogP contribution in [0, 0.1) is 11.8 Å². The molecule has 2 aliphatic carbocycles. The number of methoxy groups -OCH3 is 2. The van der Waals surface area contributed by atoms with Crippen molar-refractivity contribution in [3.8, 4) is 11.1 Å². The van der Waals surface area contributed by atoms with Gasteiger partial charge in [0.2, 0.25) is 0 Å². The van der Waals surface area contributed by atoms with E-state index in [-0.39, 0.29) is 41.9 Å². The number of nitrogens with one attached hydrogen (secondary N) is 4. The van der Waals surface area contributed by atoms with Crippen molar-refractivity contribution in [3.63, 3.8) is 0 Å². The van der Waals surface area contributed by atoms with Gasteiger partial charge in [0.1, 0.15) is 23.7 Å². The van der Waals surface area contributed by atoms with Crippen molar-refractivity contribution in [2.24, 2.45) is 11.8 Å². The Morgan fingerprint density at radius 3 is 1.75 bits per heavy atom. The highest BCUT2D eigenvalue weighted by molar-refractivity contribution is 6.08. The van der Waals surface area contributed by atoms with Crippen molar-refractivity contribution in [1.29, 1.82) is 0 Å². The summed E-state index contributed by atoms with van der Waals surface area (Å²) < 4.78 is 9.79. The average molecular weight is 925 g/mol. The zero-order valence-electron chi connectivity index (χ0n) is 39.2. The smallest absolute Gasteiger partial charge is 0.407 e. The molecule has 8 atom stereocenters. The first kappa shape index (κ1) is 45.1. The van der Waals surface area contributed by atoms with Gasteiger partial charge in [-0.25, -0.2) is 19.6 Å². The van der Waals surface area contributed by atoms with Crippen molar-refractivity contribution in [3.05, 3.63) is 145 Å². The number of aromatic amines is 2. The number of hydrogen-bond acceptors (Lipinski definition) is 8. The van der Waals surface area contributed by atoms with Crippen LogP contribution >= 0.6 is 0 Å². The maximum atomic E-state index is 14.5. The number of carbonyl (C=O) groups excluding carboxylic acids is 4. The lowest BCUT2D eigenvalue weighted by atomic mass is 9.96. The van der Waals surface area contributed by atoms with E-state index in [1.54, 1.807) is 24.3 Å². The molecular formula is C55H56N8O6. The van der Waals surface area contributed by atoms with Gasteiger partial charge in [0, 0.05) is 22.9 Å². The number of benzene rings is 4. The lowest BCUT2D eigenvalue weighted by Crippen LogP contribution is -2.52. The van der Waals surface area contributed by atoms with E-state index in [1.165, 1.54) is 14.2 Å². The number of fused-ring (bicyclic) bond motifs is 9. The number of alkyl carbamates (subject to hydrolysis) is 2. The van der Waals surface area contributed by atoms with Gasteiger partial charge in [0.25, 0.3) is 11.8 Å². The fourth-order valence-electron chi connectivity index (χ4n) is 11.0. The van der Waals surface area contributed by atoms with Crippen LogP contribution in [0.3, 0.4) is 0 Å². The number of amides is 4. The average Bonchev–Trinajstić information content (AvgIpc) is 3.96. The molecule has 2 aliphatic heterocycles. The predicted octanol–water partition coefficient (Wildman–Crippen LogP) is 9.95. The van der Waals surface area contributed by atoms with E-state index < -0.39 is 24.3 Å². The number of aromatic nitrogens is 4. The molecule has 2 aromatic heterocycles. The lowest BCUT2D eigenvalue weighted by molar-refractivity contribution is -0.137. The van der Waals surface area contributed by atoms with E-state index in [0.717, 1.165) is 98.5 Å². The molecule has 2 saturated heterocycles. The molecule has 4 aliphatic rings. The van der Waals surface area contributed by atoms with Crippen molar-refractivity contribution < 1.29 is 28.7 Å². The molecule has 6 aromatic rings. The number of allylic oxidation sites excluding steroid dienone is 6. The number of imidazole rings is 2. The summed E-state index contributed by atoms with van der Waals surface area (Å²) in [5, 5.41) is 9.51. The number of H-pyrrole nitrogens is 2. The Balaban J connectivity index is 0.916. The summed E-state index contributed by atoms with van der Waals surface area (Å²) in [5.41, 5.74) is 6.46. The maximum absolute atomic E-state index is 14.5. The number of piperidine rings is 2. The third-order valence-electron chi connectivity index (χ3n) is 14.5. The minimum absolute atomic E-state index is 0.0276. The topological polar surface area (TPSA) is 175 Å². The number of ether oxygens (including phenoxy) is 2. The number of nitrogens with zero attached hydrogens (tertiary/aromatic N) is 4. The summed E-state index contributed by atoms with van der Waals surface area (Å²) in [6.07, 6.45) is 17.5. The van der Waals surface area contributed by atoms with Gasteiger partial charge < -0.3 is 39.9 Å². The minimum atomic E-state index is -0.993. The predicted molar refractivity (Wildman–Crippen MR) is 268 cm³/mol. The molecule has 4 heterocycles. The molecule has 4 amide bonds. The third-order valence-corrected chi connectivity index (χ3v) is 14.5. The van der Waals surface area contributed by atoms with E-state index in [4.69, 9.17) is 19.4 Å². The molecule has 352 valence electrons. The van der Waals surface area contributed by atoms with Gasteiger partial charge in [-0.2, -0.15) is 0 Å². The number of likely N-dealkylation sites (tertiary alicyclic amines) is 2. The molecule has 10 rings (SSSR count).